The molecule has 20 heavy (non-hydrogen) atoms. The van der Waals surface area contributed by atoms with Crippen LogP contribution in [0.25, 0.3) is 0 Å². The molecule has 1 aromatic carbocycles. The highest BCUT2D eigenvalue weighted by molar-refractivity contribution is 5.41. The van der Waals surface area contributed by atoms with E-state index in [-0.39, 0.29) is 0 Å². The van der Waals surface area contributed by atoms with Gasteiger partial charge in [-0.3, -0.25) is 4.90 Å². The van der Waals surface area contributed by atoms with E-state index in [0.29, 0.717) is 0 Å². The van der Waals surface area contributed by atoms with Gasteiger partial charge in [0.25, 0.3) is 0 Å². The average molecular weight is 274 g/mol. The van der Waals surface area contributed by atoms with E-state index in [0.717, 1.165) is 36.5 Å². The number of nitrogen functional groups attached to an aromatic ring is 1. The minimum atomic E-state index is 0.785. The fourth-order valence-electron chi connectivity index (χ4n) is 3.85. The van der Waals surface area contributed by atoms with Crippen molar-refractivity contribution in [3.05, 3.63) is 24.3 Å². The summed E-state index contributed by atoms with van der Waals surface area (Å²) in [6.45, 7) is 3.10. The van der Waals surface area contributed by atoms with Crippen LogP contribution in [0.4, 0.5) is 5.69 Å². The molecule has 1 saturated carbocycles. The summed E-state index contributed by atoms with van der Waals surface area (Å²) in [7, 11) is 0. The molecule has 1 saturated heterocycles. The standard InChI is InChI=1S/C17H26N2O/c18-15-7-9-16(10-8-15)20-13-12-19-11-3-5-14-4-1-2-6-17(14)19/h7-10,14,17H,1-6,11-13,18H2/t14-,17-/m1/s1. The van der Waals surface area contributed by atoms with Crippen molar-refractivity contribution in [3.8, 4) is 5.75 Å². The number of benzene rings is 1. The zero-order chi connectivity index (χ0) is 13.8. The molecule has 2 N–H and O–H groups in total. The zero-order valence-electron chi connectivity index (χ0n) is 12.3. The van der Waals surface area contributed by atoms with E-state index in [1.807, 2.05) is 24.3 Å². The molecule has 2 aliphatic rings. The number of fused-ring (bicyclic) bond motifs is 1. The molecule has 0 aromatic heterocycles. The number of rotatable bonds is 4. The summed E-state index contributed by atoms with van der Waals surface area (Å²) in [6, 6.07) is 8.53. The third-order valence-electron chi connectivity index (χ3n) is 4.89. The zero-order valence-corrected chi connectivity index (χ0v) is 12.3. The number of anilines is 1. The summed E-state index contributed by atoms with van der Waals surface area (Å²) in [4.78, 5) is 2.67. The number of nitrogens with zero attached hydrogens (tertiary/aromatic N) is 1. The molecule has 0 unspecified atom stereocenters. The first-order valence-corrected chi connectivity index (χ1v) is 8.05. The maximum absolute atomic E-state index is 5.85. The van der Waals surface area contributed by atoms with Crippen molar-refractivity contribution in [1.82, 2.24) is 4.90 Å². The Labute approximate surface area is 122 Å². The van der Waals surface area contributed by atoms with Crippen LogP contribution in [0.5, 0.6) is 5.75 Å². The quantitative estimate of drug-likeness (QED) is 0.856. The van der Waals surface area contributed by atoms with Gasteiger partial charge >= 0.3 is 0 Å². The molecule has 1 aliphatic heterocycles. The minimum absolute atomic E-state index is 0.785. The Morgan fingerprint density at radius 3 is 2.65 bits per heavy atom. The van der Waals surface area contributed by atoms with Gasteiger partial charge in [0.1, 0.15) is 12.4 Å². The van der Waals surface area contributed by atoms with Crippen molar-refractivity contribution < 1.29 is 4.74 Å². The average Bonchev–Trinajstić information content (AvgIpc) is 2.49. The Hall–Kier alpha value is -1.22. The van der Waals surface area contributed by atoms with Gasteiger partial charge in [-0.15, -0.1) is 0 Å². The number of piperidine rings is 1. The van der Waals surface area contributed by atoms with Gasteiger partial charge in [-0.2, -0.15) is 0 Å². The van der Waals surface area contributed by atoms with E-state index in [1.165, 1.54) is 45.1 Å². The summed E-state index contributed by atoms with van der Waals surface area (Å²) in [5, 5.41) is 0. The van der Waals surface area contributed by atoms with E-state index in [2.05, 4.69) is 4.90 Å². The van der Waals surface area contributed by atoms with Crippen LogP contribution in [0.3, 0.4) is 0 Å². The minimum Gasteiger partial charge on any atom is -0.492 e. The summed E-state index contributed by atoms with van der Waals surface area (Å²) in [5.41, 5.74) is 6.47. The lowest BCUT2D eigenvalue weighted by molar-refractivity contribution is 0.0501. The summed E-state index contributed by atoms with van der Waals surface area (Å²) >= 11 is 0. The fourth-order valence-corrected chi connectivity index (χ4v) is 3.85. The van der Waals surface area contributed by atoms with E-state index >= 15 is 0 Å². The van der Waals surface area contributed by atoms with Crippen LogP contribution in [0.15, 0.2) is 24.3 Å². The number of nitrogens with two attached hydrogens (primary N) is 1. The fraction of sp³-hybridized carbons (Fsp3) is 0.647. The molecule has 1 aromatic rings. The van der Waals surface area contributed by atoms with E-state index in [4.69, 9.17) is 10.5 Å². The lowest BCUT2D eigenvalue weighted by Crippen LogP contribution is -2.48. The monoisotopic (exact) mass is 274 g/mol. The molecule has 3 nitrogen and oxygen atoms in total. The molecule has 3 rings (SSSR count). The van der Waals surface area contributed by atoms with Crippen LogP contribution in [0.2, 0.25) is 0 Å². The number of hydrogen-bond acceptors (Lipinski definition) is 3. The third kappa shape index (κ3) is 3.26. The second-order valence-corrected chi connectivity index (χ2v) is 6.21. The summed E-state index contributed by atoms with van der Waals surface area (Å²) in [5.74, 6) is 1.88. The van der Waals surface area contributed by atoms with Gasteiger partial charge in [0, 0.05) is 18.3 Å². The Kier molecular flexibility index (Phi) is 4.46. The van der Waals surface area contributed by atoms with Gasteiger partial charge in [-0.05, 0) is 62.4 Å². The normalized spacial score (nSPS) is 27.0. The van der Waals surface area contributed by atoms with Crippen molar-refractivity contribution in [3.63, 3.8) is 0 Å². The highest BCUT2D eigenvalue weighted by Gasteiger charge is 2.32. The van der Waals surface area contributed by atoms with Crippen molar-refractivity contribution in [2.75, 3.05) is 25.4 Å². The topological polar surface area (TPSA) is 38.5 Å². The molecule has 0 bridgehead atoms. The van der Waals surface area contributed by atoms with E-state index in [1.54, 1.807) is 0 Å². The largest absolute Gasteiger partial charge is 0.492 e. The van der Waals surface area contributed by atoms with Crippen LogP contribution < -0.4 is 10.5 Å². The number of likely N-dealkylation sites (tertiary alicyclic amines) is 1. The first-order chi connectivity index (χ1) is 9.83. The molecule has 110 valence electrons. The van der Waals surface area contributed by atoms with Gasteiger partial charge in [-0.1, -0.05) is 12.8 Å². The Morgan fingerprint density at radius 2 is 1.80 bits per heavy atom. The van der Waals surface area contributed by atoms with Crippen molar-refractivity contribution in [1.29, 1.82) is 0 Å². The first kappa shape index (κ1) is 13.7. The summed E-state index contributed by atoms with van der Waals surface area (Å²) < 4.78 is 5.85. The second kappa shape index (κ2) is 6.49. The second-order valence-electron chi connectivity index (χ2n) is 6.21. The molecule has 1 aliphatic carbocycles. The van der Waals surface area contributed by atoms with Gasteiger partial charge in [0.2, 0.25) is 0 Å². The van der Waals surface area contributed by atoms with Crippen LogP contribution in [-0.2, 0) is 0 Å². The Bertz CT molecular complexity index is 416. The van der Waals surface area contributed by atoms with Crippen LogP contribution in [0, 0.1) is 5.92 Å². The predicted octanol–water partition coefficient (Wildman–Crippen LogP) is 3.30. The first-order valence-electron chi connectivity index (χ1n) is 8.05. The van der Waals surface area contributed by atoms with Gasteiger partial charge in [-0.25, -0.2) is 0 Å². The third-order valence-corrected chi connectivity index (χ3v) is 4.89. The number of hydrogen-bond donors (Lipinski definition) is 1. The molecule has 1 heterocycles. The molecule has 3 heteroatoms. The highest BCUT2D eigenvalue weighted by atomic mass is 16.5. The Balaban J connectivity index is 1.48. The lowest BCUT2D eigenvalue weighted by atomic mass is 9.78. The lowest BCUT2D eigenvalue weighted by Gasteiger charge is -2.44. The van der Waals surface area contributed by atoms with Crippen LogP contribution in [-0.4, -0.2) is 30.6 Å². The van der Waals surface area contributed by atoms with Crippen molar-refractivity contribution >= 4 is 5.69 Å². The molecule has 0 spiro atoms. The molecular weight excluding hydrogens is 248 g/mol. The van der Waals surface area contributed by atoms with Gasteiger partial charge in [0.15, 0.2) is 0 Å². The van der Waals surface area contributed by atoms with Crippen molar-refractivity contribution in [2.45, 2.75) is 44.6 Å². The SMILES string of the molecule is Nc1ccc(OCCN2CCC[C@H]3CCCC[C@H]32)cc1. The van der Waals surface area contributed by atoms with E-state index in [9.17, 15) is 0 Å². The molecule has 0 radical (unpaired) electrons. The Morgan fingerprint density at radius 1 is 1.05 bits per heavy atom. The van der Waals surface area contributed by atoms with Crippen LogP contribution >= 0.6 is 0 Å². The number of ether oxygens (including phenoxy) is 1. The smallest absolute Gasteiger partial charge is 0.119 e. The molecular formula is C17H26N2O. The predicted molar refractivity (Wildman–Crippen MR) is 82.9 cm³/mol. The highest BCUT2D eigenvalue weighted by Crippen LogP contribution is 2.34. The molecule has 2 atom stereocenters. The molecule has 0 amide bonds. The van der Waals surface area contributed by atoms with Gasteiger partial charge in [0.05, 0.1) is 0 Å². The van der Waals surface area contributed by atoms with Crippen LogP contribution in [0.1, 0.15) is 38.5 Å². The van der Waals surface area contributed by atoms with E-state index < -0.39 is 0 Å². The van der Waals surface area contributed by atoms with Crippen molar-refractivity contribution in [2.24, 2.45) is 5.92 Å². The maximum atomic E-state index is 5.85. The van der Waals surface area contributed by atoms with Gasteiger partial charge < -0.3 is 10.5 Å². The summed E-state index contributed by atoms with van der Waals surface area (Å²) in [6.07, 6.45) is 8.50. The maximum Gasteiger partial charge on any atom is 0.119 e. The molecule has 2 fully saturated rings.